The minimum absolute atomic E-state index is 0.238. The van der Waals surface area contributed by atoms with Gasteiger partial charge in [-0.25, -0.2) is 0 Å². The number of amides is 1. The van der Waals surface area contributed by atoms with Gasteiger partial charge in [-0.3, -0.25) is 4.79 Å². The fourth-order valence-electron chi connectivity index (χ4n) is 2.60. The first-order valence-electron chi connectivity index (χ1n) is 8.54. The highest BCUT2D eigenvalue weighted by Crippen LogP contribution is 2.36. The van der Waals surface area contributed by atoms with E-state index in [2.05, 4.69) is 5.32 Å². The summed E-state index contributed by atoms with van der Waals surface area (Å²) in [5.74, 6) is 1.47. The number of carbonyl (C=O) groups excluding carboxylic acids is 1. The zero-order valence-corrected chi connectivity index (χ0v) is 16.2. The number of benzene rings is 2. The zero-order valence-electron chi connectivity index (χ0n) is 15.5. The molecular weight excluding hydrogens is 354 g/mol. The van der Waals surface area contributed by atoms with Crippen LogP contribution in [0.1, 0.15) is 42.7 Å². The van der Waals surface area contributed by atoms with Crippen LogP contribution in [-0.2, 0) is 0 Å². The van der Waals surface area contributed by atoms with Crippen LogP contribution in [0, 0.1) is 0 Å². The Morgan fingerprint density at radius 1 is 1.08 bits per heavy atom. The average Bonchev–Trinajstić information content (AvgIpc) is 2.63. The van der Waals surface area contributed by atoms with Crippen molar-refractivity contribution < 1.29 is 19.0 Å². The first-order chi connectivity index (χ1) is 12.5. The smallest absolute Gasteiger partial charge is 0.255 e. The van der Waals surface area contributed by atoms with Crippen LogP contribution in [-0.4, -0.2) is 26.2 Å². The molecule has 0 radical (unpaired) electrons. The topological polar surface area (TPSA) is 56.8 Å². The molecule has 6 heteroatoms. The molecule has 2 rings (SSSR count). The minimum Gasteiger partial charge on any atom is -0.496 e. The molecule has 0 saturated carbocycles. The molecule has 0 aliphatic carbocycles. The number of hydrogen-bond acceptors (Lipinski definition) is 4. The third kappa shape index (κ3) is 4.61. The molecule has 1 N–H and O–H groups in total. The summed E-state index contributed by atoms with van der Waals surface area (Å²) >= 11 is 6.41. The average molecular weight is 378 g/mol. The molecule has 0 aliphatic heterocycles. The van der Waals surface area contributed by atoms with Crippen molar-refractivity contribution in [1.82, 2.24) is 5.32 Å². The van der Waals surface area contributed by atoms with Crippen molar-refractivity contribution in [2.75, 3.05) is 20.3 Å². The van der Waals surface area contributed by atoms with E-state index in [1.54, 1.807) is 24.3 Å². The largest absolute Gasteiger partial charge is 0.496 e. The van der Waals surface area contributed by atoms with Crippen LogP contribution < -0.4 is 19.5 Å². The number of ether oxygens (including phenoxy) is 3. The maximum Gasteiger partial charge on any atom is 0.255 e. The molecule has 26 heavy (non-hydrogen) atoms. The number of hydrogen-bond donors (Lipinski definition) is 1. The van der Waals surface area contributed by atoms with Crippen LogP contribution >= 0.6 is 11.6 Å². The van der Waals surface area contributed by atoms with Gasteiger partial charge < -0.3 is 19.5 Å². The van der Waals surface area contributed by atoms with Gasteiger partial charge in [0.25, 0.3) is 5.91 Å². The van der Waals surface area contributed by atoms with E-state index in [1.807, 2.05) is 32.9 Å². The molecule has 0 aromatic heterocycles. The molecule has 2 aromatic rings. The van der Waals surface area contributed by atoms with Crippen LogP contribution in [0.5, 0.6) is 17.2 Å². The number of methoxy groups -OCH3 is 1. The molecule has 0 bridgehead atoms. The van der Waals surface area contributed by atoms with E-state index in [1.165, 1.54) is 7.11 Å². The fraction of sp³-hybridized carbons (Fsp3) is 0.350. The minimum atomic E-state index is -0.324. The predicted molar refractivity (Wildman–Crippen MR) is 103 cm³/mol. The molecule has 5 nitrogen and oxygen atoms in total. The summed E-state index contributed by atoms with van der Waals surface area (Å²) in [4.78, 5) is 12.6. The van der Waals surface area contributed by atoms with Gasteiger partial charge in [0.05, 0.1) is 31.9 Å². The molecule has 0 aliphatic rings. The standard InChI is InChI=1S/C20H24ClNO4/c1-5-25-18-11-15(16(21)12-19(18)26-6-2)13(3)22-20(23)14-9-7-8-10-17(14)24-4/h7-13H,5-6H2,1-4H3,(H,22,23)/t13-/m1/s1. The van der Waals surface area contributed by atoms with Crippen molar-refractivity contribution in [3.05, 3.63) is 52.5 Å². The number of halogens is 1. The van der Waals surface area contributed by atoms with E-state index in [0.29, 0.717) is 41.0 Å². The Balaban J connectivity index is 2.27. The molecule has 2 aromatic carbocycles. The second-order valence-corrected chi connectivity index (χ2v) is 5.99. The molecule has 140 valence electrons. The SMILES string of the molecule is CCOc1cc(Cl)c([C@@H](C)NC(=O)c2ccccc2OC)cc1OCC. The lowest BCUT2D eigenvalue weighted by atomic mass is 10.1. The van der Waals surface area contributed by atoms with Crippen LogP contribution in [0.25, 0.3) is 0 Å². The van der Waals surface area contributed by atoms with Crippen LogP contribution in [0.3, 0.4) is 0 Å². The van der Waals surface area contributed by atoms with Gasteiger partial charge in [0.1, 0.15) is 5.75 Å². The molecule has 1 atom stereocenters. The van der Waals surface area contributed by atoms with Gasteiger partial charge in [0.2, 0.25) is 0 Å². The van der Waals surface area contributed by atoms with Crippen LogP contribution in [0.4, 0.5) is 0 Å². The number of carbonyl (C=O) groups is 1. The Morgan fingerprint density at radius 3 is 2.31 bits per heavy atom. The normalized spacial score (nSPS) is 11.6. The highest BCUT2D eigenvalue weighted by molar-refractivity contribution is 6.31. The summed E-state index contributed by atoms with van der Waals surface area (Å²) in [6, 6.07) is 10.3. The van der Waals surface area contributed by atoms with E-state index < -0.39 is 0 Å². The van der Waals surface area contributed by atoms with E-state index in [0.717, 1.165) is 5.56 Å². The lowest BCUT2D eigenvalue weighted by Gasteiger charge is -2.19. The lowest BCUT2D eigenvalue weighted by Crippen LogP contribution is -2.27. The van der Waals surface area contributed by atoms with Gasteiger partial charge in [-0.1, -0.05) is 23.7 Å². The van der Waals surface area contributed by atoms with Crippen molar-refractivity contribution in [2.24, 2.45) is 0 Å². The Morgan fingerprint density at radius 2 is 1.69 bits per heavy atom. The van der Waals surface area contributed by atoms with Gasteiger partial charge in [-0.2, -0.15) is 0 Å². The van der Waals surface area contributed by atoms with Crippen molar-refractivity contribution in [2.45, 2.75) is 26.8 Å². The summed E-state index contributed by atoms with van der Waals surface area (Å²) in [7, 11) is 1.53. The molecule has 0 unspecified atom stereocenters. The zero-order chi connectivity index (χ0) is 19.1. The maximum atomic E-state index is 12.6. The molecule has 1 amide bonds. The van der Waals surface area contributed by atoms with Gasteiger partial charge >= 0.3 is 0 Å². The monoisotopic (exact) mass is 377 g/mol. The van der Waals surface area contributed by atoms with Gasteiger partial charge in [-0.15, -0.1) is 0 Å². The molecular formula is C20H24ClNO4. The van der Waals surface area contributed by atoms with E-state index in [-0.39, 0.29) is 11.9 Å². The van der Waals surface area contributed by atoms with Crippen LogP contribution in [0.2, 0.25) is 5.02 Å². The van der Waals surface area contributed by atoms with Crippen molar-refractivity contribution >= 4 is 17.5 Å². The summed E-state index contributed by atoms with van der Waals surface area (Å²) in [6.07, 6.45) is 0. The quantitative estimate of drug-likeness (QED) is 0.728. The van der Waals surface area contributed by atoms with E-state index in [9.17, 15) is 4.79 Å². The van der Waals surface area contributed by atoms with Gasteiger partial charge in [0, 0.05) is 11.1 Å². The first-order valence-corrected chi connectivity index (χ1v) is 8.92. The van der Waals surface area contributed by atoms with Gasteiger partial charge in [-0.05, 0) is 44.5 Å². The summed E-state index contributed by atoms with van der Waals surface area (Å²) in [5.41, 5.74) is 1.22. The molecule has 0 saturated heterocycles. The maximum absolute atomic E-state index is 12.6. The Hall–Kier alpha value is -2.40. The van der Waals surface area contributed by atoms with Crippen molar-refractivity contribution in [3.63, 3.8) is 0 Å². The molecule has 0 fully saturated rings. The number of para-hydroxylation sites is 1. The molecule has 0 spiro atoms. The third-order valence-electron chi connectivity index (χ3n) is 3.83. The van der Waals surface area contributed by atoms with Crippen LogP contribution in [0.15, 0.2) is 36.4 Å². The van der Waals surface area contributed by atoms with Gasteiger partial charge in [0.15, 0.2) is 11.5 Å². The van der Waals surface area contributed by atoms with Crippen molar-refractivity contribution in [1.29, 1.82) is 0 Å². The van der Waals surface area contributed by atoms with E-state index in [4.69, 9.17) is 25.8 Å². The Labute approximate surface area is 159 Å². The fourth-order valence-corrected chi connectivity index (χ4v) is 2.92. The Bertz CT molecular complexity index is 763. The van der Waals surface area contributed by atoms with Crippen molar-refractivity contribution in [3.8, 4) is 17.2 Å². The summed E-state index contributed by atoms with van der Waals surface area (Å²) in [6.45, 7) is 6.67. The first kappa shape index (κ1) is 19.9. The Kier molecular flexibility index (Phi) is 7.16. The predicted octanol–water partition coefficient (Wildman–Crippen LogP) is 4.64. The summed E-state index contributed by atoms with van der Waals surface area (Å²) < 4.78 is 16.5. The molecule has 0 heterocycles. The van der Waals surface area contributed by atoms with E-state index >= 15 is 0 Å². The number of rotatable bonds is 8. The second-order valence-electron chi connectivity index (χ2n) is 5.58. The highest BCUT2D eigenvalue weighted by Gasteiger charge is 2.19. The summed E-state index contributed by atoms with van der Waals surface area (Å²) in [5, 5.41) is 3.45. The second kappa shape index (κ2) is 9.34. The highest BCUT2D eigenvalue weighted by atomic mass is 35.5. The third-order valence-corrected chi connectivity index (χ3v) is 4.16. The number of nitrogens with one attached hydrogen (secondary N) is 1. The lowest BCUT2D eigenvalue weighted by molar-refractivity contribution is 0.0937.